The molecule has 1 rings (SSSR count). The van der Waals surface area contributed by atoms with Gasteiger partial charge in [0, 0.05) is 19.2 Å². The van der Waals surface area contributed by atoms with Crippen LogP contribution < -0.4 is 14.8 Å². The van der Waals surface area contributed by atoms with Gasteiger partial charge in [-0.2, -0.15) is 0 Å². The van der Waals surface area contributed by atoms with Crippen LogP contribution in [0, 0.1) is 10.1 Å². The summed E-state index contributed by atoms with van der Waals surface area (Å²) in [6.07, 6.45) is 0. The largest absolute Gasteiger partial charge is 0.493 e. The Morgan fingerprint density at radius 2 is 1.92 bits per heavy atom. The summed E-state index contributed by atoms with van der Waals surface area (Å²) in [5.41, 5.74) is -0.348. The number of hydrogen-bond donors (Lipinski definition) is 1. The number of nitrogens with zero attached hydrogens (tertiary/aromatic N) is 2. The molecule has 1 aromatic carbocycles. The molecule has 0 aromatic heterocycles. The van der Waals surface area contributed by atoms with Crippen molar-refractivity contribution in [1.82, 2.24) is 10.2 Å². The third-order valence-corrected chi connectivity index (χ3v) is 3.63. The molecule has 134 valence electrons. The van der Waals surface area contributed by atoms with Crippen LogP contribution >= 0.6 is 0 Å². The minimum atomic E-state index is -0.596. The quantitative estimate of drug-likeness (QED) is 0.518. The van der Waals surface area contributed by atoms with Crippen LogP contribution in [0.25, 0.3) is 0 Å². The van der Waals surface area contributed by atoms with Gasteiger partial charge in [0.15, 0.2) is 11.5 Å². The molecule has 1 aromatic rings. The number of amides is 1. The van der Waals surface area contributed by atoms with E-state index in [1.807, 2.05) is 13.8 Å². The minimum Gasteiger partial charge on any atom is -0.493 e. The van der Waals surface area contributed by atoms with E-state index in [1.165, 1.54) is 19.2 Å². The van der Waals surface area contributed by atoms with Gasteiger partial charge in [-0.25, -0.2) is 0 Å². The van der Waals surface area contributed by atoms with E-state index in [9.17, 15) is 14.9 Å². The maximum atomic E-state index is 12.3. The number of likely N-dealkylation sites (N-methyl/N-ethyl adjacent to an activating group) is 1. The number of benzene rings is 1. The molecule has 0 fully saturated rings. The summed E-state index contributed by atoms with van der Waals surface area (Å²) in [7, 11) is 1.42. The summed E-state index contributed by atoms with van der Waals surface area (Å²) in [6, 6.07) is 2.57. The Kier molecular flexibility index (Phi) is 7.97. The Morgan fingerprint density at radius 3 is 2.42 bits per heavy atom. The second-order valence-corrected chi connectivity index (χ2v) is 4.99. The van der Waals surface area contributed by atoms with Gasteiger partial charge in [-0.3, -0.25) is 14.9 Å². The highest BCUT2D eigenvalue weighted by atomic mass is 16.6. The van der Waals surface area contributed by atoms with Gasteiger partial charge >= 0.3 is 0 Å². The lowest BCUT2D eigenvalue weighted by molar-refractivity contribution is -0.385. The van der Waals surface area contributed by atoms with Gasteiger partial charge < -0.3 is 19.7 Å². The molecule has 0 unspecified atom stereocenters. The van der Waals surface area contributed by atoms with Crippen molar-refractivity contribution in [3.63, 3.8) is 0 Å². The van der Waals surface area contributed by atoms with E-state index in [4.69, 9.17) is 9.47 Å². The summed E-state index contributed by atoms with van der Waals surface area (Å²) in [6.45, 7) is 9.02. The van der Waals surface area contributed by atoms with Crippen LogP contribution in [0.4, 0.5) is 5.69 Å². The van der Waals surface area contributed by atoms with Crippen molar-refractivity contribution in [2.75, 3.05) is 39.9 Å². The van der Waals surface area contributed by atoms with Gasteiger partial charge in [-0.05, 0) is 20.0 Å². The molecule has 8 nitrogen and oxygen atoms in total. The van der Waals surface area contributed by atoms with Crippen molar-refractivity contribution in [2.24, 2.45) is 0 Å². The van der Waals surface area contributed by atoms with Gasteiger partial charge in [0.05, 0.1) is 24.7 Å². The first-order chi connectivity index (χ1) is 11.5. The fraction of sp³-hybridized carbons (Fsp3) is 0.562. The fourth-order valence-corrected chi connectivity index (χ4v) is 2.27. The third kappa shape index (κ3) is 5.09. The molecule has 0 aliphatic heterocycles. The molecular weight excluding hydrogens is 314 g/mol. The normalized spacial score (nSPS) is 10.5. The SMILES string of the molecule is CCOc1cc([N+](=O)[O-])c(C(=O)NCCN(CC)CC)cc1OC. The number of nitro groups is 1. The zero-order valence-electron chi connectivity index (χ0n) is 14.6. The van der Waals surface area contributed by atoms with E-state index in [0.717, 1.165) is 13.1 Å². The van der Waals surface area contributed by atoms with Crippen LogP contribution in [0.2, 0.25) is 0 Å². The summed E-state index contributed by atoms with van der Waals surface area (Å²) in [5.74, 6) is 0.0259. The van der Waals surface area contributed by atoms with Crippen LogP contribution in [0.5, 0.6) is 11.5 Å². The molecule has 0 saturated carbocycles. The van der Waals surface area contributed by atoms with Crippen LogP contribution in [0.15, 0.2) is 12.1 Å². The van der Waals surface area contributed by atoms with Crippen molar-refractivity contribution >= 4 is 11.6 Å². The molecule has 8 heteroatoms. The van der Waals surface area contributed by atoms with Gasteiger partial charge in [-0.1, -0.05) is 13.8 Å². The maximum absolute atomic E-state index is 12.3. The summed E-state index contributed by atoms with van der Waals surface area (Å²) >= 11 is 0. The molecule has 1 N–H and O–H groups in total. The van der Waals surface area contributed by atoms with Gasteiger partial charge in [-0.15, -0.1) is 0 Å². The second-order valence-electron chi connectivity index (χ2n) is 4.99. The number of nitro benzene ring substituents is 1. The zero-order valence-corrected chi connectivity index (χ0v) is 14.6. The third-order valence-electron chi connectivity index (χ3n) is 3.63. The molecule has 0 bridgehead atoms. The molecule has 0 atom stereocenters. The molecule has 0 heterocycles. The van der Waals surface area contributed by atoms with E-state index in [-0.39, 0.29) is 22.7 Å². The Morgan fingerprint density at radius 1 is 1.25 bits per heavy atom. The van der Waals surface area contributed by atoms with Crippen molar-refractivity contribution in [2.45, 2.75) is 20.8 Å². The summed E-state index contributed by atoms with van der Waals surface area (Å²) in [5, 5.41) is 14.0. The highest BCUT2D eigenvalue weighted by molar-refractivity contribution is 5.99. The number of carbonyl (C=O) groups is 1. The zero-order chi connectivity index (χ0) is 18.1. The first-order valence-corrected chi connectivity index (χ1v) is 7.98. The molecule has 0 spiro atoms. The Balaban J connectivity index is 2.99. The number of carbonyl (C=O) groups excluding carboxylic acids is 1. The number of nitrogens with one attached hydrogen (secondary N) is 1. The van der Waals surface area contributed by atoms with Crippen LogP contribution in [0.3, 0.4) is 0 Å². The predicted octanol–water partition coefficient (Wildman–Crippen LogP) is 2.07. The lowest BCUT2D eigenvalue weighted by Gasteiger charge is -2.18. The van der Waals surface area contributed by atoms with Crippen LogP contribution in [0.1, 0.15) is 31.1 Å². The highest BCUT2D eigenvalue weighted by Gasteiger charge is 2.24. The summed E-state index contributed by atoms with van der Waals surface area (Å²) < 4.78 is 10.5. The van der Waals surface area contributed by atoms with Crippen molar-refractivity contribution in [3.05, 3.63) is 27.8 Å². The Hall–Kier alpha value is -2.35. The Bertz CT molecular complexity index is 573. The van der Waals surface area contributed by atoms with E-state index in [0.29, 0.717) is 19.7 Å². The van der Waals surface area contributed by atoms with Crippen molar-refractivity contribution in [3.8, 4) is 11.5 Å². The van der Waals surface area contributed by atoms with E-state index < -0.39 is 10.8 Å². The Labute approximate surface area is 141 Å². The number of rotatable bonds is 10. The maximum Gasteiger partial charge on any atom is 0.286 e. The number of hydrogen-bond acceptors (Lipinski definition) is 6. The topological polar surface area (TPSA) is 93.9 Å². The lowest BCUT2D eigenvalue weighted by Crippen LogP contribution is -2.35. The highest BCUT2D eigenvalue weighted by Crippen LogP contribution is 2.34. The molecule has 0 radical (unpaired) electrons. The lowest BCUT2D eigenvalue weighted by atomic mass is 10.1. The number of ether oxygens (including phenoxy) is 2. The standard InChI is InChI=1S/C16H25N3O5/c1-5-18(6-2)9-8-17-16(20)12-10-14(23-4)15(24-7-3)11-13(12)19(21)22/h10-11H,5-9H2,1-4H3,(H,17,20). The molecule has 0 aliphatic carbocycles. The van der Waals surface area contributed by atoms with Crippen LogP contribution in [-0.4, -0.2) is 55.6 Å². The summed E-state index contributed by atoms with van der Waals surface area (Å²) in [4.78, 5) is 25.2. The smallest absolute Gasteiger partial charge is 0.286 e. The van der Waals surface area contributed by atoms with Gasteiger partial charge in [0.1, 0.15) is 5.56 Å². The molecular formula is C16H25N3O5. The van der Waals surface area contributed by atoms with Gasteiger partial charge in [0.2, 0.25) is 0 Å². The molecule has 0 saturated heterocycles. The fourth-order valence-electron chi connectivity index (χ4n) is 2.27. The number of methoxy groups -OCH3 is 1. The molecule has 0 aliphatic rings. The van der Waals surface area contributed by atoms with Gasteiger partial charge in [0.25, 0.3) is 11.6 Å². The average Bonchev–Trinajstić information content (AvgIpc) is 2.58. The average molecular weight is 339 g/mol. The van der Waals surface area contributed by atoms with Crippen LogP contribution in [-0.2, 0) is 0 Å². The predicted molar refractivity (Wildman–Crippen MR) is 90.9 cm³/mol. The van der Waals surface area contributed by atoms with Crippen molar-refractivity contribution < 1.29 is 19.2 Å². The van der Waals surface area contributed by atoms with Crippen molar-refractivity contribution in [1.29, 1.82) is 0 Å². The first-order valence-electron chi connectivity index (χ1n) is 7.98. The van der Waals surface area contributed by atoms with E-state index >= 15 is 0 Å². The second kappa shape index (κ2) is 9.71. The monoisotopic (exact) mass is 339 g/mol. The minimum absolute atomic E-state index is 0.0418. The molecule has 24 heavy (non-hydrogen) atoms. The molecule has 1 amide bonds. The van der Waals surface area contributed by atoms with E-state index in [1.54, 1.807) is 6.92 Å². The van der Waals surface area contributed by atoms with E-state index in [2.05, 4.69) is 10.2 Å². The first kappa shape index (κ1) is 19.7.